The Morgan fingerprint density at radius 2 is 1.79 bits per heavy atom. The van der Waals surface area contributed by atoms with E-state index in [1.165, 1.54) is 5.56 Å². The molecule has 0 saturated carbocycles. The van der Waals surface area contributed by atoms with Gasteiger partial charge in [-0.2, -0.15) is 0 Å². The van der Waals surface area contributed by atoms with Crippen LogP contribution in [0.1, 0.15) is 11.1 Å². The smallest absolute Gasteiger partial charge is 0.0718 e. The van der Waals surface area contributed by atoms with Gasteiger partial charge in [0.25, 0.3) is 0 Å². The minimum Gasteiger partial charge on any atom is -0.394 e. The fraction of sp³-hybridized carbons (Fsp3) is 0.455. The fourth-order valence-corrected chi connectivity index (χ4v) is 1.22. The lowest BCUT2D eigenvalue weighted by atomic mass is 10.1. The van der Waals surface area contributed by atoms with Crippen molar-refractivity contribution in [3.8, 4) is 0 Å². The van der Waals surface area contributed by atoms with Crippen LogP contribution in [0.4, 0.5) is 0 Å². The Balaban J connectivity index is 2.38. The van der Waals surface area contributed by atoms with Crippen molar-refractivity contribution in [2.24, 2.45) is 5.73 Å². The first-order valence-electron chi connectivity index (χ1n) is 4.83. The quantitative estimate of drug-likeness (QED) is 0.657. The molecule has 0 atom stereocenters. The van der Waals surface area contributed by atoms with Crippen LogP contribution in [0.2, 0.25) is 0 Å². The van der Waals surface area contributed by atoms with Crippen molar-refractivity contribution in [2.45, 2.75) is 13.0 Å². The third-order valence-electron chi connectivity index (χ3n) is 1.96. The summed E-state index contributed by atoms with van der Waals surface area (Å²) in [6, 6.07) is 8.18. The topological polar surface area (TPSA) is 55.5 Å². The largest absolute Gasteiger partial charge is 0.394 e. The summed E-state index contributed by atoms with van der Waals surface area (Å²) in [5, 5.41) is 8.52. The van der Waals surface area contributed by atoms with E-state index in [1.54, 1.807) is 0 Å². The zero-order valence-corrected chi connectivity index (χ0v) is 8.28. The highest BCUT2D eigenvalue weighted by Gasteiger charge is 1.94. The zero-order valence-electron chi connectivity index (χ0n) is 8.28. The first-order chi connectivity index (χ1) is 6.86. The van der Waals surface area contributed by atoms with E-state index in [9.17, 15) is 0 Å². The highest BCUT2D eigenvalue weighted by Crippen LogP contribution is 2.05. The lowest BCUT2D eigenvalue weighted by molar-refractivity contribution is 0.0815. The molecule has 1 rings (SSSR count). The predicted octanol–water partition coefficient (Wildman–Crippen LogP) is 0.697. The zero-order chi connectivity index (χ0) is 10.2. The first kappa shape index (κ1) is 11.2. The molecule has 0 saturated heterocycles. The molecule has 0 unspecified atom stereocenters. The highest BCUT2D eigenvalue weighted by molar-refractivity contribution is 5.22. The van der Waals surface area contributed by atoms with E-state index >= 15 is 0 Å². The van der Waals surface area contributed by atoms with Gasteiger partial charge in [-0.3, -0.25) is 0 Å². The van der Waals surface area contributed by atoms with E-state index in [1.807, 2.05) is 12.1 Å². The van der Waals surface area contributed by atoms with E-state index in [-0.39, 0.29) is 6.61 Å². The molecule has 0 spiro atoms. The molecule has 1 aromatic carbocycles. The average Bonchev–Trinajstić information content (AvgIpc) is 2.21. The van der Waals surface area contributed by atoms with Crippen molar-refractivity contribution in [2.75, 3.05) is 19.8 Å². The van der Waals surface area contributed by atoms with Crippen LogP contribution in [-0.4, -0.2) is 24.9 Å². The van der Waals surface area contributed by atoms with E-state index in [2.05, 4.69) is 12.1 Å². The Kier molecular flexibility index (Phi) is 5.22. The molecule has 0 aromatic heterocycles. The van der Waals surface area contributed by atoms with Crippen LogP contribution in [0.15, 0.2) is 24.3 Å². The van der Waals surface area contributed by atoms with Crippen molar-refractivity contribution in [1.29, 1.82) is 0 Å². The molecule has 1 aromatic rings. The maximum Gasteiger partial charge on any atom is 0.0718 e. The van der Waals surface area contributed by atoms with Gasteiger partial charge in [0.05, 0.1) is 19.8 Å². The van der Waals surface area contributed by atoms with Gasteiger partial charge in [0.1, 0.15) is 0 Å². The van der Waals surface area contributed by atoms with Gasteiger partial charge in [0.2, 0.25) is 0 Å². The van der Waals surface area contributed by atoms with Crippen LogP contribution in [0.25, 0.3) is 0 Å². The standard InChI is InChI=1S/C11H17NO2/c12-6-5-10-1-3-11(4-2-10)9-14-8-7-13/h1-4,13H,5-9,12H2. The SMILES string of the molecule is NCCc1ccc(COCCO)cc1. The van der Waals surface area contributed by atoms with Crippen molar-refractivity contribution in [1.82, 2.24) is 0 Å². The molecule has 0 aliphatic carbocycles. The fourth-order valence-electron chi connectivity index (χ4n) is 1.22. The number of nitrogens with two attached hydrogens (primary N) is 1. The second kappa shape index (κ2) is 6.54. The van der Waals surface area contributed by atoms with Gasteiger partial charge in [-0.15, -0.1) is 0 Å². The van der Waals surface area contributed by atoms with Crippen molar-refractivity contribution in [3.63, 3.8) is 0 Å². The van der Waals surface area contributed by atoms with E-state index in [0.717, 1.165) is 12.0 Å². The molecule has 0 fully saturated rings. The van der Waals surface area contributed by atoms with Gasteiger partial charge in [0, 0.05) is 0 Å². The van der Waals surface area contributed by atoms with Crippen molar-refractivity contribution >= 4 is 0 Å². The van der Waals surface area contributed by atoms with E-state index in [0.29, 0.717) is 19.8 Å². The van der Waals surface area contributed by atoms with Gasteiger partial charge in [-0.25, -0.2) is 0 Å². The van der Waals surface area contributed by atoms with Gasteiger partial charge >= 0.3 is 0 Å². The second-order valence-corrected chi connectivity index (χ2v) is 3.13. The summed E-state index contributed by atoms with van der Waals surface area (Å²) in [6.07, 6.45) is 0.914. The van der Waals surface area contributed by atoms with E-state index < -0.39 is 0 Å². The lowest BCUT2D eigenvalue weighted by Crippen LogP contribution is -2.03. The molecular weight excluding hydrogens is 178 g/mol. The maximum atomic E-state index is 8.52. The number of ether oxygens (including phenoxy) is 1. The Morgan fingerprint density at radius 1 is 1.14 bits per heavy atom. The summed E-state index contributed by atoms with van der Waals surface area (Å²) in [4.78, 5) is 0. The molecule has 0 amide bonds. The van der Waals surface area contributed by atoms with Crippen molar-refractivity contribution < 1.29 is 9.84 Å². The summed E-state index contributed by atoms with van der Waals surface area (Å²) in [5.41, 5.74) is 7.82. The normalized spacial score (nSPS) is 10.4. The summed E-state index contributed by atoms with van der Waals surface area (Å²) >= 11 is 0. The van der Waals surface area contributed by atoms with Crippen LogP contribution < -0.4 is 5.73 Å². The third kappa shape index (κ3) is 3.87. The summed E-state index contributed by atoms with van der Waals surface area (Å²) in [6.45, 7) is 1.71. The molecule has 0 heterocycles. The van der Waals surface area contributed by atoms with Crippen LogP contribution >= 0.6 is 0 Å². The van der Waals surface area contributed by atoms with Crippen LogP contribution in [0.5, 0.6) is 0 Å². The molecule has 14 heavy (non-hydrogen) atoms. The molecule has 3 nitrogen and oxygen atoms in total. The molecule has 3 heteroatoms. The Labute approximate surface area is 84.5 Å². The monoisotopic (exact) mass is 195 g/mol. The van der Waals surface area contributed by atoms with Gasteiger partial charge in [0.15, 0.2) is 0 Å². The number of aliphatic hydroxyl groups excluding tert-OH is 1. The minimum absolute atomic E-state index is 0.0747. The highest BCUT2D eigenvalue weighted by atomic mass is 16.5. The lowest BCUT2D eigenvalue weighted by Gasteiger charge is -2.03. The number of aliphatic hydroxyl groups is 1. The van der Waals surface area contributed by atoms with Gasteiger partial charge in [-0.1, -0.05) is 24.3 Å². The summed E-state index contributed by atoms with van der Waals surface area (Å²) in [7, 11) is 0. The number of rotatable bonds is 6. The van der Waals surface area contributed by atoms with Gasteiger partial charge < -0.3 is 15.6 Å². The number of hydrogen-bond donors (Lipinski definition) is 2. The predicted molar refractivity (Wildman–Crippen MR) is 55.9 cm³/mol. The average molecular weight is 195 g/mol. The number of benzene rings is 1. The Morgan fingerprint density at radius 3 is 2.36 bits per heavy atom. The summed E-state index contributed by atoms with van der Waals surface area (Å²) in [5.74, 6) is 0. The molecule has 0 aliphatic rings. The molecule has 78 valence electrons. The van der Waals surface area contributed by atoms with Crippen LogP contribution in [0.3, 0.4) is 0 Å². The first-order valence-corrected chi connectivity index (χ1v) is 4.83. The third-order valence-corrected chi connectivity index (χ3v) is 1.96. The van der Waals surface area contributed by atoms with E-state index in [4.69, 9.17) is 15.6 Å². The molecule has 0 aliphatic heterocycles. The van der Waals surface area contributed by atoms with Crippen LogP contribution in [0, 0.1) is 0 Å². The number of hydrogen-bond acceptors (Lipinski definition) is 3. The minimum atomic E-state index is 0.0747. The maximum absolute atomic E-state index is 8.52. The summed E-state index contributed by atoms with van der Waals surface area (Å²) < 4.78 is 5.19. The molecule has 0 radical (unpaired) electrons. The Bertz CT molecular complexity index is 246. The van der Waals surface area contributed by atoms with Crippen LogP contribution in [-0.2, 0) is 17.8 Å². The molecule has 0 bridgehead atoms. The van der Waals surface area contributed by atoms with Gasteiger partial charge in [-0.05, 0) is 24.1 Å². The van der Waals surface area contributed by atoms with Crippen molar-refractivity contribution in [3.05, 3.63) is 35.4 Å². The second-order valence-electron chi connectivity index (χ2n) is 3.13. The molecule has 3 N–H and O–H groups in total. The Hall–Kier alpha value is -0.900. The molecular formula is C11H17NO2.